The highest BCUT2D eigenvalue weighted by molar-refractivity contribution is 6.65. The molecule has 0 aliphatic rings. The summed E-state index contributed by atoms with van der Waals surface area (Å²) >= 11 is 0. The summed E-state index contributed by atoms with van der Waals surface area (Å²) in [5.74, 6) is 0.894. The lowest BCUT2D eigenvalue weighted by Gasteiger charge is -2.27. The van der Waals surface area contributed by atoms with Crippen LogP contribution in [-0.2, 0) is 9.84 Å². The van der Waals surface area contributed by atoms with Crippen LogP contribution in [0.1, 0.15) is 38.3 Å². The van der Waals surface area contributed by atoms with Crippen molar-refractivity contribution in [2.24, 2.45) is 0 Å². The van der Waals surface area contributed by atoms with Crippen LogP contribution in [0.4, 0.5) is 0 Å². The summed E-state index contributed by atoms with van der Waals surface area (Å²) in [7, 11) is -2.09. The van der Waals surface area contributed by atoms with Gasteiger partial charge >= 0.3 is 8.56 Å². The van der Waals surface area contributed by atoms with Gasteiger partial charge in [-0.15, -0.1) is 0 Å². The van der Waals surface area contributed by atoms with Gasteiger partial charge in [0, 0.05) is 12.0 Å². The summed E-state index contributed by atoms with van der Waals surface area (Å²) in [6, 6.07) is 19.0. The molecule has 2 rings (SSSR count). The minimum Gasteiger partial charge on any atom is -0.520 e. The summed E-state index contributed by atoms with van der Waals surface area (Å²) in [5.41, 5.74) is 2.57. The van der Waals surface area contributed by atoms with Crippen molar-refractivity contribution < 1.29 is 8.85 Å². The lowest BCUT2D eigenvalue weighted by molar-refractivity contribution is 0.248. The number of rotatable bonds is 7. The van der Waals surface area contributed by atoms with Gasteiger partial charge in [0.2, 0.25) is 0 Å². The van der Waals surface area contributed by atoms with E-state index in [-0.39, 0.29) is 5.41 Å². The molecule has 0 N–H and O–H groups in total. The molecular formula is C20H28O2Si. The molecule has 0 spiro atoms. The second-order valence-corrected chi connectivity index (χ2v) is 10.2. The van der Waals surface area contributed by atoms with Crippen molar-refractivity contribution in [2.45, 2.75) is 45.7 Å². The van der Waals surface area contributed by atoms with E-state index >= 15 is 0 Å². The Kier molecular flexibility index (Phi) is 5.66. The number of benzene rings is 2. The Balaban J connectivity index is 2.13. The van der Waals surface area contributed by atoms with Crippen molar-refractivity contribution in [3.8, 4) is 5.75 Å². The van der Waals surface area contributed by atoms with E-state index < -0.39 is 8.56 Å². The van der Waals surface area contributed by atoms with Gasteiger partial charge in [0.05, 0.1) is 0 Å². The molecule has 2 aromatic rings. The normalized spacial score (nSPS) is 12.2. The van der Waals surface area contributed by atoms with Gasteiger partial charge in [-0.25, -0.2) is 0 Å². The van der Waals surface area contributed by atoms with Crippen LogP contribution in [0.3, 0.4) is 0 Å². The van der Waals surface area contributed by atoms with E-state index in [1.165, 1.54) is 11.1 Å². The highest BCUT2D eigenvalue weighted by Gasteiger charge is 2.27. The Bertz CT molecular complexity index is 603. The Morgan fingerprint density at radius 3 is 2.00 bits per heavy atom. The van der Waals surface area contributed by atoms with Crippen LogP contribution in [0.15, 0.2) is 54.6 Å². The molecule has 0 saturated heterocycles. The predicted molar refractivity (Wildman–Crippen MR) is 99.4 cm³/mol. The third kappa shape index (κ3) is 4.69. The summed E-state index contributed by atoms with van der Waals surface area (Å²) in [6.45, 7) is 11.6. The average Bonchev–Trinajstić information content (AvgIpc) is 2.54. The van der Waals surface area contributed by atoms with Gasteiger partial charge in [-0.05, 0) is 42.8 Å². The van der Waals surface area contributed by atoms with E-state index in [4.69, 9.17) is 8.85 Å². The van der Waals surface area contributed by atoms with E-state index in [9.17, 15) is 0 Å². The van der Waals surface area contributed by atoms with Gasteiger partial charge in [0.1, 0.15) is 5.75 Å². The maximum absolute atomic E-state index is 6.09. The topological polar surface area (TPSA) is 18.5 Å². The highest BCUT2D eigenvalue weighted by Crippen LogP contribution is 2.32. The summed E-state index contributed by atoms with van der Waals surface area (Å²) in [5, 5.41) is 0. The van der Waals surface area contributed by atoms with E-state index in [0.29, 0.717) is 0 Å². The molecule has 23 heavy (non-hydrogen) atoms. The van der Waals surface area contributed by atoms with Gasteiger partial charge in [-0.3, -0.25) is 0 Å². The molecule has 0 aliphatic heterocycles. The molecule has 2 nitrogen and oxygen atoms in total. The first-order valence-corrected chi connectivity index (χ1v) is 11.2. The minimum atomic E-state index is -2.09. The zero-order chi connectivity index (χ0) is 16.9. The van der Waals surface area contributed by atoms with Gasteiger partial charge in [-0.2, -0.15) is 0 Å². The molecule has 2 aromatic carbocycles. The monoisotopic (exact) mass is 328 g/mol. The maximum Gasteiger partial charge on any atom is 0.392 e. The van der Waals surface area contributed by atoms with Gasteiger partial charge < -0.3 is 8.85 Å². The van der Waals surface area contributed by atoms with Gasteiger partial charge in [-0.1, -0.05) is 63.2 Å². The summed E-state index contributed by atoms with van der Waals surface area (Å²) in [6.07, 6.45) is 1.02. The van der Waals surface area contributed by atoms with Gasteiger partial charge in [0.15, 0.2) is 0 Å². The third-order valence-corrected chi connectivity index (χ3v) is 5.72. The number of hydrogen-bond donors (Lipinski definition) is 0. The van der Waals surface area contributed by atoms with Crippen LogP contribution >= 0.6 is 0 Å². The van der Waals surface area contributed by atoms with Crippen LogP contribution in [0.25, 0.3) is 0 Å². The summed E-state index contributed by atoms with van der Waals surface area (Å²) in [4.78, 5) is 0. The third-order valence-electron chi connectivity index (χ3n) is 4.09. The smallest absolute Gasteiger partial charge is 0.392 e. The molecule has 0 amide bonds. The highest BCUT2D eigenvalue weighted by atomic mass is 28.4. The second-order valence-electron chi connectivity index (χ2n) is 6.87. The Labute approximate surface area is 141 Å². The molecule has 3 heteroatoms. The largest absolute Gasteiger partial charge is 0.520 e. The fourth-order valence-electron chi connectivity index (χ4n) is 2.62. The van der Waals surface area contributed by atoms with E-state index in [2.05, 4.69) is 88.5 Å². The Morgan fingerprint density at radius 1 is 0.870 bits per heavy atom. The molecule has 0 unspecified atom stereocenters. The van der Waals surface area contributed by atoms with E-state index in [0.717, 1.165) is 18.8 Å². The first-order chi connectivity index (χ1) is 10.8. The quantitative estimate of drug-likeness (QED) is 0.623. The van der Waals surface area contributed by atoms with Crippen molar-refractivity contribution in [2.75, 3.05) is 6.61 Å². The first kappa shape index (κ1) is 17.8. The molecule has 0 aliphatic carbocycles. The molecule has 0 radical (unpaired) electrons. The molecule has 0 heterocycles. The molecule has 0 fully saturated rings. The predicted octanol–water partition coefficient (Wildman–Crippen LogP) is 5.52. The zero-order valence-electron chi connectivity index (χ0n) is 14.9. The standard InChI is InChI=1S/C20H28O2Si/c1-6-16-21-23(4,5)22-19-14-12-18(13-15-19)20(2,3)17-10-8-7-9-11-17/h7-15H,6,16H2,1-5H3. The van der Waals surface area contributed by atoms with Crippen molar-refractivity contribution in [3.63, 3.8) is 0 Å². The van der Waals surface area contributed by atoms with Crippen LogP contribution in [-0.4, -0.2) is 15.2 Å². The molecule has 0 aromatic heterocycles. The maximum atomic E-state index is 6.09. The van der Waals surface area contributed by atoms with Crippen LogP contribution < -0.4 is 4.43 Å². The first-order valence-electron chi connectivity index (χ1n) is 8.34. The molecule has 0 saturated carbocycles. The SMILES string of the molecule is CCCO[Si](C)(C)Oc1ccc(C(C)(C)c2ccccc2)cc1. The fraction of sp³-hybridized carbons (Fsp3) is 0.400. The van der Waals surface area contributed by atoms with Crippen LogP contribution in [0.5, 0.6) is 5.75 Å². The minimum absolute atomic E-state index is 0.0224. The number of hydrogen-bond acceptors (Lipinski definition) is 2. The Morgan fingerprint density at radius 2 is 1.43 bits per heavy atom. The summed E-state index contributed by atoms with van der Waals surface area (Å²) < 4.78 is 12.0. The van der Waals surface area contributed by atoms with Crippen LogP contribution in [0.2, 0.25) is 13.1 Å². The van der Waals surface area contributed by atoms with Crippen LogP contribution in [0, 0.1) is 0 Å². The fourth-order valence-corrected chi connectivity index (χ4v) is 4.08. The molecular weight excluding hydrogens is 300 g/mol. The molecule has 0 bridgehead atoms. The van der Waals surface area contributed by atoms with Crippen molar-refractivity contribution in [1.29, 1.82) is 0 Å². The average molecular weight is 329 g/mol. The van der Waals surface area contributed by atoms with Gasteiger partial charge in [0.25, 0.3) is 0 Å². The van der Waals surface area contributed by atoms with Crippen molar-refractivity contribution in [3.05, 3.63) is 65.7 Å². The zero-order valence-corrected chi connectivity index (χ0v) is 15.9. The lowest BCUT2D eigenvalue weighted by atomic mass is 9.78. The van der Waals surface area contributed by atoms with Crippen molar-refractivity contribution >= 4 is 8.56 Å². The second kappa shape index (κ2) is 7.32. The van der Waals surface area contributed by atoms with E-state index in [1.54, 1.807) is 0 Å². The van der Waals surface area contributed by atoms with Crippen molar-refractivity contribution in [1.82, 2.24) is 0 Å². The lowest BCUT2D eigenvalue weighted by Crippen LogP contribution is -2.38. The Hall–Kier alpha value is -1.58. The molecule has 124 valence electrons. The molecule has 0 atom stereocenters. The van der Waals surface area contributed by atoms with E-state index in [1.807, 2.05) is 0 Å².